The molecule has 2 aromatic rings. The number of pyridine rings is 2. The number of carboxylic acid groups (broad SMARTS) is 1. The van der Waals surface area contributed by atoms with E-state index in [1.54, 1.807) is 6.20 Å². The topological polar surface area (TPSA) is 88.0 Å². The molecule has 0 spiro atoms. The number of hydrogen-bond donors (Lipinski definition) is 1. The highest BCUT2D eigenvalue weighted by Gasteiger charge is 2.29. The van der Waals surface area contributed by atoms with E-state index in [9.17, 15) is 9.90 Å². The van der Waals surface area contributed by atoms with Crippen LogP contribution in [0, 0.1) is 12.3 Å². The Balaban J connectivity index is 1.49. The van der Waals surface area contributed by atoms with Crippen molar-refractivity contribution in [2.75, 3.05) is 57.4 Å². The number of hydrogen-bond acceptors (Lipinski definition) is 7. The fourth-order valence-corrected chi connectivity index (χ4v) is 4.81. The summed E-state index contributed by atoms with van der Waals surface area (Å²) < 4.78 is 11.3. The molecule has 0 aromatic carbocycles. The number of carbonyl (C=O) groups is 1. The van der Waals surface area contributed by atoms with E-state index in [4.69, 9.17) is 9.47 Å². The van der Waals surface area contributed by atoms with E-state index in [1.807, 2.05) is 25.3 Å². The quantitative estimate of drug-likeness (QED) is 0.540. The van der Waals surface area contributed by atoms with Gasteiger partial charge in [0.15, 0.2) is 0 Å². The lowest BCUT2D eigenvalue weighted by atomic mass is 9.82. The van der Waals surface area contributed by atoms with Gasteiger partial charge in [-0.25, -0.2) is 0 Å². The second-order valence-corrected chi connectivity index (χ2v) is 10.3. The van der Waals surface area contributed by atoms with E-state index in [1.165, 1.54) is 0 Å². The molecule has 0 saturated carbocycles. The number of aliphatic carboxylic acids is 1. The average molecular weight is 483 g/mol. The van der Waals surface area contributed by atoms with Crippen molar-refractivity contribution in [3.8, 4) is 17.0 Å². The first-order valence-corrected chi connectivity index (χ1v) is 12.7. The summed E-state index contributed by atoms with van der Waals surface area (Å²) in [6.45, 7) is 13.5. The van der Waals surface area contributed by atoms with E-state index in [-0.39, 0.29) is 6.42 Å². The van der Waals surface area contributed by atoms with Crippen molar-refractivity contribution < 1.29 is 19.4 Å². The summed E-state index contributed by atoms with van der Waals surface area (Å²) in [6.07, 6.45) is 6.62. The third-order valence-electron chi connectivity index (χ3n) is 7.13. The SMILES string of the molecule is Cc1ncc(-c2ccc(OCCCN3CCOCC3)cn2)c(N2CCC(C)(C)CC2)c1CC(=O)O. The molecular weight excluding hydrogens is 444 g/mol. The third-order valence-corrected chi connectivity index (χ3v) is 7.13. The first-order valence-electron chi connectivity index (χ1n) is 12.7. The maximum atomic E-state index is 11.7. The number of anilines is 1. The highest BCUT2D eigenvalue weighted by molar-refractivity contribution is 5.83. The van der Waals surface area contributed by atoms with Gasteiger partial charge in [0.2, 0.25) is 0 Å². The third kappa shape index (κ3) is 6.70. The smallest absolute Gasteiger partial charge is 0.307 e. The fraction of sp³-hybridized carbons (Fsp3) is 0.593. The highest BCUT2D eigenvalue weighted by atomic mass is 16.5. The molecule has 8 heteroatoms. The molecule has 2 aliphatic heterocycles. The van der Waals surface area contributed by atoms with E-state index < -0.39 is 5.97 Å². The molecule has 0 amide bonds. The minimum atomic E-state index is -0.848. The van der Waals surface area contributed by atoms with Crippen LogP contribution in [0.25, 0.3) is 11.3 Å². The molecule has 35 heavy (non-hydrogen) atoms. The standard InChI is InChI=1S/C27H38N4O4/c1-20-22(17-25(32)33)26(31-10-7-27(2,3)8-11-31)23(19-28-20)24-6-5-21(18-29-24)35-14-4-9-30-12-15-34-16-13-30/h5-6,18-19H,4,7-17H2,1-3H3,(H,32,33). The van der Waals surface area contributed by atoms with Crippen LogP contribution in [0.3, 0.4) is 0 Å². The molecular formula is C27H38N4O4. The molecule has 2 fully saturated rings. The van der Waals surface area contributed by atoms with E-state index in [2.05, 4.69) is 33.6 Å². The van der Waals surface area contributed by atoms with E-state index in [0.717, 1.165) is 99.2 Å². The van der Waals surface area contributed by atoms with Crippen molar-refractivity contribution in [2.45, 2.75) is 46.5 Å². The minimum Gasteiger partial charge on any atom is -0.492 e. The van der Waals surface area contributed by atoms with Crippen LogP contribution < -0.4 is 9.64 Å². The number of carboxylic acids is 1. The Labute approximate surface area is 208 Å². The zero-order valence-corrected chi connectivity index (χ0v) is 21.3. The molecule has 2 aromatic heterocycles. The Hall–Kier alpha value is -2.71. The van der Waals surface area contributed by atoms with E-state index in [0.29, 0.717) is 12.0 Å². The van der Waals surface area contributed by atoms with Crippen molar-refractivity contribution in [1.29, 1.82) is 0 Å². The van der Waals surface area contributed by atoms with Crippen LogP contribution in [0.5, 0.6) is 5.75 Å². The summed E-state index contributed by atoms with van der Waals surface area (Å²) in [4.78, 5) is 25.6. The summed E-state index contributed by atoms with van der Waals surface area (Å²) in [5, 5.41) is 9.59. The second-order valence-electron chi connectivity index (χ2n) is 10.3. The van der Waals surface area contributed by atoms with Gasteiger partial charge in [0.25, 0.3) is 0 Å². The molecule has 2 saturated heterocycles. The minimum absolute atomic E-state index is 0.0494. The lowest BCUT2D eigenvalue weighted by Gasteiger charge is -2.40. The van der Waals surface area contributed by atoms with Crippen molar-refractivity contribution in [1.82, 2.24) is 14.9 Å². The lowest BCUT2D eigenvalue weighted by molar-refractivity contribution is -0.136. The number of morpholine rings is 1. The molecule has 0 bridgehead atoms. The zero-order chi connectivity index (χ0) is 24.8. The van der Waals surface area contributed by atoms with Gasteiger partial charge in [-0.1, -0.05) is 13.8 Å². The van der Waals surface area contributed by atoms with Crippen molar-refractivity contribution in [2.24, 2.45) is 5.41 Å². The number of rotatable bonds is 9. The Morgan fingerprint density at radius 3 is 2.51 bits per heavy atom. The van der Waals surface area contributed by atoms with Crippen molar-refractivity contribution in [3.05, 3.63) is 35.8 Å². The summed E-state index contributed by atoms with van der Waals surface area (Å²) >= 11 is 0. The largest absolute Gasteiger partial charge is 0.492 e. The summed E-state index contributed by atoms with van der Waals surface area (Å²) in [5.74, 6) is -0.109. The van der Waals surface area contributed by atoms with Crippen LogP contribution in [0.4, 0.5) is 5.69 Å². The van der Waals surface area contributed by atoms with Gasteiger partial charge in [0.05, 0.1) is 43.8 Å². The Morgan fingerprint density at radius 1 is 1.11 bits per heavy atom. The second kappa shape index (κ2) is 11.4. The first-order chi connectivity index (χ1) is 16.8. The zero-order valence-electron chi connectivity index (χ0n) is 21.3. The number of nitrogens with zero attached hydrogens (tertiary/aromatic N) is 4. The van der Waals surface area contributed by atoms with Crippen LogP contribution >= 0.6 is 0 Å². The highest BCUT2D eigenvalue weighted by Crippen LogP contribution is 2.39. The molecule has 1 N–H and O–H groups in total. The molecule has 4 rings (SSSR count). The molecule has 0 atom stereocenters. The van der Waals surface area contributed by atoms with Crippen LogP contribution in [0.1, 0.15) is 44.4 Å². The Morgan fingerprint density at radius 2 is 1.86 bits per heavy atom. The number of aryl methyl sites for hydroxylation is 1. The summed E-state index contributed by atoms with van der Waals surface area (Å²) in [5.41, 5.74) is 4.46. The number of ether oxygens (including phenoxy) is 2. The predicted molar refractivity (Wildman–Crippen MR) is 136 cm³/mol. The molecule has 2 aliphatic rings. The fourth-order valence-electron chi connectivity index (χ4n) is 4.81. The lowest BCUT2D eigenvalue weighted by Crippen LogP contribution is -2.38. The summed E-state index contributed by atoms with van der Waals surface area (Å²) in [7, 11) is 0. The molecule has 190 valence electrons. The van der Waals surface area contributed by atoms with Crippen LogP contribution in [-0.2, 0) is 16.0 Å². The Bertz CT molecular complexity index is 993. The van der Waals surface area contributed by atoms with Gasteiger partial charge >= 0.3 is 5.97 Å². The van der Waals surface area contributed by atoms with Gasteiger partial charge in [-0.15, -0.1) is 0 Å². The van der Waals surface area contributed by atoms with Crippen molar-refractivity contribution in [3.63, 3.8) is 0 Å². The van der Waals surface area contributed by atoms with Gasteiger partial charge in [0, 0.05) is 55.7 Å². The number of piperidine rings is 1. The van der Waals surface area contributed by atoms with Gasteiger partial charge < -0.3 is 19.5 Å². The Kier molecular flexibility index (Phi) is 8.23. The molecule has 0 aliphatic carbocycles. The van der Waals surface area contributed by atoms with E-state index >= 15 is 0 Å². The first kappa shape index (κ1) is 25.4. The van der Waals surface area contributed by atoms with Crippen LogP contribution in [-0.4, -0.2) is 78.5 Å². The average Bonchev–Trinajstić information content (AvgIpc) is 2.84. The monoisotopic (exact) mass is 482 g/mol. The predicted octanol–water partition coefficient (Wildman–Crippen LogP) is 3.81. The molecule has 0 unspecified atom stereocenters. The molecule has 4 heterocycles. The maximum absolute atomic E-state index is 11.7. The maximum Gasteiger partial charge on any atom is 0.307 e. The van der Waals surface area contributed by atoms with Crippen LogP contribution in [0.2, 0.25) is 0 Å². The van der Waals surface area contributed by atoms with Gasteiger partial charge in [-0.2, -0.15) is 0 Å². The normalized spacial score (nSPS) is 18.4. The van der Waals surface area contributed by atoms with Crippen LogP contribution in [0.15, 0.2) is 24.5 Å². The molecule has 0 radical (unpaired) electrons. The van der Waals surface area contributed by atoms with Crippen molar-refractivity contribution >= 4 is 11.7 Å². The summed E-state index contributed by atoms with van der Waals surface area (Å²) in [6, 6.07) is 3.89. The van der Waals surface area contributed by atoms with Gasteiger partial charge in [-0.3, -0.25) is 19.7 Å². The molecule has 8 nitrogen and oxygen atoms in total. The number of aromatic nitrogens is 2. The van der Waals surface area contributed by atoms with Gasteiger partial charge in [-0.05, 0) is 43.7 Å². The van der Waals surface area contributed by atoms with Gasteiger partial charge in [0.1, 0.15) is 5.75 Å².